The van der Waals surface area contributed by atoms with Crippen LogP contribution in [0, 0.1) is 40.4 Å². The van der Waals surface area contributed by atoms with E-state index in [-0.39, 0.29) is 47.8 Å². The zero-order valence-corrected chi connectivity index (χ0v) is 23.6. The van der Waals surface area contributed by atoms with Crippen LogP contribution in [0.4, 0.5) is 0 Å². The molecule has 4 fully saturated rings. The monoisotopic (exact) mass is 538 g/mol. The van der Waals surface area contributed by atoms with Crippen molar-refractivity contribution in [3.05, 3.63) is 36.0 Å². The Morgan fingerprint density at radius 3 is 2.72 bits per heavy atom. The summed E-state index contributed by atoms with van der Waals surface area (Å²) in [5.41, 5.74) is -1.24. The lowest BCUT2D eigenvalue weighted by molar-refractivity contribution is -0.209. The van der Waals surface area contributed by atoms with Gasteiger partial charge in [0.15, 0.2) is 24.3 Å². The standard InChI is InChI=1S/C32H42O7/c1-18(2)28(36)37-17-25(35)32-26(38-29(39-32)19-8-6-5-7-9-19)15-23-22-11-10-20-14-21(33)12-13-30(20,3)27(22)24(34)16-31(23,32)4/h5-6,12-14,18-19,22-24,26-27,29,34H,7-11,15-17H2,1-4H3/t19?,22-,23-,24-,26+,27+,29?,30-,31-,32+/m0/s1. The second-order valence-corrected chi connectivity index (χ2v) is 13.5. The van der Waals surface area contributed by atoms with E-state index in [1.807, 2.05) is 6.08 Å². The highest BCUT2D eigenvalue weighted by Crippen LogP contribution is 2.70. The number of rotatable bonds is 5. The summed E-state index contributed by atoms with van der Waals surface area (Å²) >= 11 is 0. The first-order valence-electron chi connectivity index (χ1n) is 14.8. The number of esters is 1. The largest absolute Gasteiger partial charge is 0.457 e. The van der Waals surface area contributed by atoms with Crippen molar-refractivity contribution < 1.29 is 33.7 Å². The fourth-order valence-electron chi connectivity index (χ4n) is 9.28. The van der Waals surface area contributed by atoms with Gasteiger partial charge in [0.2, 0.25) is 5.78 Å². The van der Waals surface area contributed by atoms with Crippen molar-refractivity contribution in [2.24, 2.45) is 40.4 Å². The molecular weight excluding hydrogens is 496 g/mol. The molecule has 1 saturated heterocycles. The third-order valence-corrected chi connectivity index (χ3v) is 11.2. The highest BCUT2D eigenvalue weighted by atomic mass is 16.7. The molecule has 7 heteroatoms. The molecule has 1 N–H and O–H groups in total. The minimum Gasteiger partial charge on any atom is -0.457 e. The van der Waals surface area contributed by atoms with Crippen LogP contribution in [0.1, 0.15) is 72.6 Å². The Balaban J connectivity index is 1.36. The molecule has 0 spiro atoms. The predicted octanol–water partition coefficient (Wildman–Crippen LogP) is 4.48. The molecule has 10 atom stereocenters. The first-order valence-corrected chi connectivity index (χ1v) is 14.8. The van der Waals surface area contributed by atoms with Gasteiger partial charge in [-0.2, -0.15) is 0 Å². The van der Waals surface area contributed by atoms with Crippen LogP contribution in [0.25, 0.3) is 0 Å². The van der Waals surface area contributed by atoms with E-state index in [0.717, 1.165) is 37.7 Å². The van der Waals surface area contributed by atoms with Crippen molar-refractivity contribution in [2.45, 2.75) is 96.7 Å². The SMILES string of the molecule is CC(C)C(=O)OCC(=O)[C@@]12OC(C3CC=CCC3)O[C@@H]1C[C@H]1[C@@H]3CCC4=CC(=O)C=C[C@]4(C)[C@H]3[C@@H](O)C[C@@]12C. The summed E-state index contributed by atoms with van der Waals surface area (Å²) in [6.07, 6.45) is 13.5. The van der Waals surface area contributed by atoms with Gasteiger partial charge in [0.05, 0.1) is 18.1 Å². The highest BCUT2D eigenvalue weighted by Gasteiger charge is 2.76. The smallest absolute Gasteiger partial charge is 0.308 e. The molecule has 1 aliphatic heterocycles. The van der Waals surface area contributed by atoms with Crippen molar-refractivity contribution >= 4 is 17.5 Å². The molecule has 0 amide bonds. The second kappa shape index (κ2) is 9.49. The molecule has 39 heavy (non-hydrogen) atoms. The van der Waals surface area contributed by atoms with Gasteiger partial charge in [0.25, 0.3) is 0 Å². The summed E-state index contributed by atoms with van der Waals surface area (Å²) in [5.74, 6) is -0.631. The Hall–Kier alpha value is -2.09. The van der Waals surface area contributed by atoms with E-state index in [0.29, 0.717) is 12.8 Å². The van der Waals surface area contributed by atoms with Gasteiger partial charge in [-0.15, -0.1) is 0 Å². The number of carbonyl (C=O) groups is 3. The quantitative estimate of drug-likeness (QED) is 0.407. The van der Waals surface area contributed by atoms with Gasteiger partial charge in [0.1, 0.15) is 0 Å². The summed E-state index contributed by atoms with van der Waals surface area (Å²) in [7, 11) is 0. The van der Waals surface area contributed by atoms with Crippen LogP contribution in [0.5, 0.6) is 0 Å². The minimum atomic E-state index is -1.28. The lowest BCUT2D eigenvalue weighted by Crippen LogP contribution is -2.63. The fourth-order valence-corrected chi connectivity index (χ4v) is 9.28. The summed E-state index contributed by atoms with van der Waals surface area (Å²) in [6, 6.07) is 0. The van der Waals surface area contributed by atoms with Crippen molar-refractivity contribution in [1.82, 2.24) is 0 Å². The third kappa shape index (κ3) is 3.90. The molecule has 0 aromatic rings. The van der Waals surface area contributed by atoms with E-state index < -0.39 is 40.9 Å². The third-order valence-electron chi connectivity index (χ3n) is 11.2. The van der Waals surface area contributed by atoms with E-state index in [4.69, 9.17) is 14.2 Å². The molecule has 0 radical (unpaired) electrons. The molecule has 0 bridgehead atoms. The summed E-state index contributed by atoms with van der Waals surface area (Å²) in [4.78, 5) is 38.7. The van der Waals surface area contributed by atoms with E-state index in [1.165, 1.54) is 0 Å². The second-order valence-electron chi connectivity index (χ2n) is 13.5. The van der Waals surface area contributed by atoms with E-state index in [1.54, 1.807) is 26.0 Å². The number of fused-ring (bicyclic) bond motifs is 7. The lowest BCUT2D eigenvalue weighted by Gasteiger charge is -2.59. The Kier molecular flexibility index (Phi) is 6.59. The van der Waals surface area contributed by atoms with Gasteiger partial charge in [-0.1, -0.05) is 51.5 Å². The van der Waals surface area contributed by atoms with Gasteiger partial charge >= 0.3 is 5.97 Å². The Labute approximate surface area is 231 Å². The van der Waals surface area contributed by atoms with Crippen LogP contribution in [0.15, 0.2) is 36.0 Å². The number of carbonyl (C=O) groups excluding carboxylic acids is 3. The lowest BCUT2D eigenvalue weighted by atomic mass is 9.46. The van der Waals surface area contributed by atoms with Gasteiger partial charge in [-0.25, -0.2) is 0 Å². The molecule has 1 heterocycles. The van der Waals surface area contributed by atoms with E-state index in [9.17, 15) is 19.5 Å². The average Bonchev–Trinajstić information content (AvgIpc) is 3.41. The van der Waals surface area contributed by atoms with E-state index >= 15 is 0 Å². The van der Waals surface area contributed by atoms with Gasteiger partial charge < -0.3 is 19.3 Å². The molecule has 6 rings (SSSR count). The maximum atomic E-state index is 14.2. The number of hydrogen-bond donors (Lipinski definition) is 1. The van der Waals surface area contributed by atoms with Crippen molar-refractivity contribution in [2.75, 3.05) is 6.61 Å². The molecule has 3 saturated carbocycles. The number of Topliss-reactive ketones (excluding diaryl/α,β-unsaturated/α-hetero) is 1. The van der Waals surface area contributed by atoms with Crippen LogP contribution in [0.3, 0.4) is 0 Å². The van der Waals surface area contributed by atoms with Gasteiger partial charge in [-0.3, -0.25) is 14.4 Å². The maximum absolute atomic E-state index is 14.2. The molecule has 0 aromatic carbocycles. The molecule has 6 aliphatic rings. The van der Waals surface area contributed by atoms with Crippen LogP contribution >= 0.6 is 0 Å². The number of aliphatic hydroxyl groups excluding tert-OH is 1. The zero-order valence-electron chi connectivity index (χ0n) is 23.6. The first-order chi connectivity index (χ1) is 18.5. The zero-order chi connectivity index (χ0) is 27.7. The number of hydrogen-bond acceptors (Lipinski definition) is 7. The molecule has 2 unspecified atom stereocenters. The Morgan fingerprint density at radius 2 is 2.00 bits per heavy atom. The highest BCUT2D eigenvalue weighted by molar-refractivity contribution is 6.01. The normalized spacial score (nSPS) is 46.3. The van der Waals surface area contributed by atoms with Crippen LogP contribution in [0.2, 0.25) is 0 Å². The van der Waals surface area contributed by atoms with Crippen LogP contribution < -0.4 is 0 Å². The van der Waals surface area contributed by atoms with Gasteiger partial charge in [0, 0.05) is 22.7 Å². The predicted molar refractivity (Wildman–Crippen MR) is 143 cm³/mol. The first kappa shape index (κ1) is 27.1. The van der Waals surface area contributed by atoms with E-state index in [2.05, 4.69) is 26.0 Å². The van der Waals surface area contributed by atoms with Crippen LogP contribution in [-0.2, 0) is 28.6 Å². The number of aliphatic hydroxyl groups is 1. The number of allylic oxidation sites excluding steroid dienone is 6. The number of ether oxygens (including phenoxy) is 3. The molecular formula is C32H42O7. The topological polar surface area (TPSA) is 99.1 Å². The van der Waals surface area contributed by atoms with Crippen LogP contribution in [-0.4, -0.2) is 53.3 Å². The molecule has 5 aliphatic carbocycles. The molecule has 212 valence electrons. The van der Waals surface area contributed by atoms with Crippen molar-refractivity contribution in [3.8, 4) is 0 Å². The summed E-state index contributed by atoms with van der Waals surface area (Å²) in [6.45, 7) is 7.39. The number of ketones is 2. The summed E-state index contributed by atoms with van der Waals surface area (Å²) < 4.78 is 19.0. The van der Waals surface area contributed by atoms with Gasteiger partial charge in [-0.05, 0) is 68.9 Å². The maximum Gasteiger partial charge on any atom is 0.308 e. The minimum absolute atomic E-state index is 0.0114. The van der Waals surface area contributed by atoms with Crippen molar-refractivity contribution in [1.29, 1.82) is 0 Å². The average molecular weight is 539 g/mol. The Bertz CT molecular complexity index is 1150. The summed E-state index contributed by atoms with van der Waals surface area (Å²) in [5, 5.41) is 11.9. The van der Waals surface area contributed by atoms with Crippen molar-refractivity contribution in [3.63, 3.8) is 0 Å². The molecule has 7 nitrogen and oxygen atoms in total. The Morgan fingerprint density at radius 1 is 1.21 bits per heavy atom. The molecule has 0 aromatic heterocycles. The fraction of sp³-hybridized carbons (Fsp3) is 0.719.